The summed E-state index contributed by atoms with van der Waals surface area (Å²) in [5.74, 6) is 6.53. The van der Waals surface area contributed by atoms with Crippen LogP contribution in [0.5, 0.6) is 5.75 Å². The molecule has 0 atom stereocenters. The lowest BCUT2D eigenvalue weighted by Crippen LogP contribution is -2.46. The van der Waals surface area contributed by atoms with Gasteiger partial charge in [-0.25, -0.2) is 5.84 Å². The molecule has 2 aromatic heterocycles. The molecule has 162 valence electrons. The number of hydrogen-bond donors (Lipinski definition) is 4. The number of ether oxygens (including phenoxy) is 1. The van der Waals surface area contributed by atoms with Crippen molar-refractivity contribution in [3.8, 4) is 5.75 Å². The molecule has 1 aliphatic heterocycles. The van der Waals surface area contributed by atoms with Crippen LogP contribution in [0.15, 0.2) is 47.6 Å². The first-order valence-corrected chi connectivity index (χ1v) is 10.9. The molecule has 0 unspecified atom stereocenters. The lowest BCUT2D eigenvalue weighted by atomic mass is 10.1. The molecule has 0 bridgehead atoms. The molecule has 0 saturated heterocycles. The number of hydrazine groups is 3. The van der Waals surface area contributed by atoms with Gasteiger partial charge >= 0.3 is 0 Å². The number of fused-ring (bicyclic) bond motifs is 6. The maximum atomic E-state index is 6.36. The number of nitrogens with two attached hydrogens (primary N) is 1. The van der Waals surface area contributed by atoms with Crippen molar-refractivity contribution in [2.75, 3.05) is 13.2 Å². The monoisotopic (exact) mass is 467 g/mol. The molecule has 0 spiro atoms. The van der Waals surface area contributed by atoms with Gasteiger partial charge in [0, 0.05) is 49.2 Å². The Morgan fingerprint density at radius 1 is 0.875 bits per heavy atom. The average molecular weight is 468 g/mol. The second kappa shape index (κ2) is 7.46. The van der Waals surface area contributed by atoms with Gasteiger partial charge in [-0.1, -0.05) is 23.2 Å². The maximum Gasteiger partial charge on any atom is 0.167 e. The number of hydrogen-bond acceptors (Lipinski definition) is 6. The van der Waals surface area contributed by atoms with E-state index in [4.69, 9.17) is 33.8 Å². The smallest absolute Gasteiger partial charge is 0.167 e. The zero-order valence-corrected chi connectivity index (χ0v) is 18.3. The van der Waals surface area contributed by atoms with Crippen LogP contribution in [-0.2, 0) is 0 Å². The minimum absolute atomic E-state index is 0.493. The Kier molecular flexibility index (Phi) is 4.55. The number of aromatic amines is 2. The van der Waals surface area contributed by atoms with Crippen molar-refractivity contribution in [2.24, 2.45) is 10.9 Å². The van der Waals surface area contributed by atoms with E-state index in [1.165, 1.54) is 11.6 Å². The Bertz CT molecular complexity index is 1430. The summed E-state index contributed by atoms with van der Waals surface area (Å²) in [6, 6.07) is 13.8. The third kappa shape index (κ3) is 3.11. The number of hydrazone groups is 1. The van der Waals surface area contributed by atoms with E-state index >= 15 is 0 Å². The molecule has 3 heterocycles. The van der Waals surface area contributed by atoms with E-state index in [9.17, 15) is 0 Å². The SMILES string of the molecule is NN1N=CNN1CCCOc1c2[nH]c3ccc(Cl)cc3c2cc2c1[nH]c1ccc(Cl)cc12. The molecule has 0 amide bonds. The van der Waals surface area contributed by atoms with Crippen molar-refractivity contribution in [3.63, 3.8) is 0 Å². The standard InChI is InChI=1S/C22H19Cl2N7O/c23-12-2-4-18-14(8-12)16-10-17-15-9-13(24)3-5-19(15)29-21(17)22(20(16)28-18)32-7-1-6-30-26-11-27-31(30)25/h2-5,8-11,28-29H,1,6-7,25H2,(H,26,27). The van der Waals surface area contributed by atoms with Crippen molar-refractivity contribution < 1.29 is 4.74 Å². The fourth-order valence-electron chi connectivity index (χ4n) is 4.27. The second-order valence-electron chi connectivity index (χ2n) is 7.70. The number of halogens is 2. The maximum absolute atomic E-state index is 6.36. The first-order valence-electron chi connectivity index (χ1n) is 10.2. The van der Waals surface area contributed by atoms with E-state index in [2.05, 4.69) is 26.6 Å². The summed E-state index contributed by atoms with van der Waals surface area (Å²) < 4.78 is 6.36. The Morgan fingerprint density at radius 2 is 1.50 bits per heavy atom. The molecule has 32 heavy (non-hydrogen) atoms. The van der Waals surface area contributed by atoms with Crippen molar-refractivity contribution in [2.45, 2.75) is 6.42 Å². The summed E-state index contributed by atoms with van der Waals surface area (Å²) in [6.45, 7) is 1.13. The number of benzene rings is 3. The third-order valence-corrected chi connectivity index (χ3v) is 6.21. The van der Waals surface area contributed by atoms with Gasteiger partial charge in [0.2, 0.25) is 0 Å². The van der Waals surface area contributed by atoms with Gasteiger partial charge in [0.05, 0.1) is 17.6 Å². The molecule has 10 heteroatoms. The van der Waals surface area contributed by atoms with Gasteiger partial charge in [0.15, 0.2) is 5.75 Å². The molecule has 0 radical (unpaired) electrons. The van der Waals surface area contributed by atoms with E-state index in [1.807, 2.05) is 36.4 Å². The van der Waals surface area contributed by atoms with Gasteiger partial charge in [0.25, 0.3) is 0 Å². The molecule has 8 nitrogen and oxygen atoms in total. The highest BCUT2D eigenvalue weighted by Crippen LogP contribution is 2.41. The van der Waals surface area contributed by atoms with Gasteiger partial charge in [-0.15, -0.1) is 15.4 Å². The molecular weight excluding hydrogens is 449 g/mol. The highest BCUT2D eigenvalue weighted by molar-refractivity contribution is 6.33. The molecule has 0 saturated carbocycles. The number of H-pyrrole nitrogens is 2. The summed E-state index contributed by atoms with van der Waals surface area (Å²) in [6.07, 6.45) is 2.27. The van der Waals surface area contributed by atoms with Gasteiger partial charge in [-0.3, -0.25) is 5.43 Å². The summed E-state index contributed by atoms with van der Waals surface area (Å²) in [4.78, 5) is 7.02. The highest BCUT2D eigenvalue weighted by atomic mass is 35.5. The van der Waals surface area contributed by atoms with Gasteiger partial charge in [-0.05, 0) is 48.9 Å². The van der Waals surface area contributed by atoms with E-state index < -0.39 is 0 Å². The summed E-state index contributed by atoms with van der Waals surface area (Å²) >= 11 is 12.6. The zero-order chi connectivity index (χ0) is 21.8. The van der Waals surface area contributed by atoms with E-state index in [-0.39, 0.29) is 0 Å². The molecule has 3 aromatic carbocycles. The molecule has 1 aliphatic rings. The summed E-state index contributed by atoms with van der Waals surface area (Å²) in [5.41, 5.74) is 6.82. The predicted octanol–water partition coefficient (Wildman–Crippen LogP) is 4.89. The van der Waals surface area contributed by atoms with Gasteiger partial charge < -0.3 is 14.7 Å². The lowest BCUT2D eigenvalue weighted by molar-refractivity contribution is -0.0316. The van der Waals surface area contributed by atoms with E-state index in [1.54, 1.807) is 5.12 Å². The summed E-state index contributed by atoms with van der Waals surface area (Å²) in [7, 11) is 0. The fraction of sp³-hybridized carbons (Fsp3) is 0.136. The van der Waals surface area contributed by atoms with Crippen LogP contribution < -0.4 is 16.0 Å². The number of rotatable bonds is 5. The largest absolute Gasteiger partial charge is 0.489 e. The Balaban J connectivity index is 1.47. The number of nitrogens with one attached hydrogen (secondary N) is 3. The number of aromatic nitrogens is 2. The van der Waals surface area contributed by atoms with Crippen LogP contribution in [0.2, 0.25) is 10.0 Å². The minimum Gasteiger partial charge on any atom is -0.489 e. The van der Waals surface area contributed by atoms with Gasteiger partial charge in [0.1, 0.15) is 6.34 Å². The first-order chi connectivity index (χ1) is 15.6. The van der Waals surface area contributed by atoms with Crippen LogP contribution in [-0.4, -0.2) is 39.8 Å². The Morgan fingerprint density at radius 3 is 2.06 bits per heavy atom. The Labute approximate surface area is 192 Å². The topological polar surface area (TPSA) is 97.7 Å². The van der Waals surface area contributed by atoms with E-state index in [0.717, 1.165) is 55.8 Å². The molecule has 0 aliphatic carbocycles. The first kappa shape index (κ1) is 19.5. The molecule has 5 N–H and O–H groups in total. The highest BCUT2D eigenvalue weighted by Gasteiger charge is 2.19. The third-order valence-electron chi connectivity index (χ3n) is 5.74. The lowest BCUT2D eigenvalue weighted by Gasteiger charge is -2.21. The normalized spacial score (nSPS) is 14.4. The molecule has 0 fully saturated rings. The molecular formula is C22H19Cl2N7O. The van der Waals surface area contributed by atoms with Crippen LogP contribution >= 0.6 is 23.2 Å². The summed E-state index contributed by atoms with van der Waals surface area (Å²) in [5, 5.41) is 12.5. The van der Waals surface area contributed by atoms with Gasteiger partial charge in [-0.2, -0.15) is 0 Å². The number of nitrogens with zero attached hydrogens (tertiary/aromatic N) is 3. The van der Waals surface area contributed by atoms with Crippen molar-refractivity contribution in [1.82, 2.24) is 25.7 Å². The quantitative estimate of drug-likeness (QED) is 0.218. The second-order valence-corrected chi connectivity index (χ2v) is 8.57. The van der Waals surface area contributed by atoms with Crippen LogP contribution in [0, 0.1) is 0 Å². The van der Waals surface area contributed by atoms with Crippen LogP contribution in [0.4, 0.5) is 0 Å². The van der Waals surface area contributed by atoms with Crippen LogP contribution in [0.25, 0.3) is 43.6 Å². The van der Waals surface area contributed by atoms with Crippen molar-refractivity contribution >= 4 is 73.2 Å². The molecule has 6 rings (SSSR count). The van der Waals surface area contributed by atoms with Crippen molar-refractivity contribution in [1.29, 1.82) is 0 Å². The minimum atomic E-state index is 0.493. The van der Waals surface area contributed by atoms with Crippen LogP contribution in [0.1, 0.15) is 6.42 Å². The average Bonchev–Trinajstić information content (AvgIpc) is 3.46. The predicted molar refractivity (Wildman–Crippen MR) is 130 cm³/mol. The van der Waals surface area contributed by atoms with E-state index in [0.29, 0.717) is 23.2 Å². The zero-order valence-electron chi connectivity index (χ0n) is 16.8. The Hall–Kier alpha value is -3.17. The van der Waals surface area contributed by atoms with Crippen molar-refractivity contribution in [3.05, 3.63) is 52.5 Å². The van der Waals surface area contributed by atoms with Crippen LogP contribution in [0.3, 0.4) is 0 Å². The molecule has 5 aromatic rings. The fourth-order valence-corrected chi connectivity index (χ4v) is 4.61.